The molecule has 4 aliphatic rings. The summed E-state index contributed by atoms with van der Waals surface area (Å²) in [4.78, 5) is 25.8. The number of pyridine rings is 2. The van der Waals surface area contributed by atoms with Crippen molar-refractivity contribution in [3.8, 4) is 0 Å². The number of aromatic nitrogens is 2. The van der Waals surface area contributed by atoms with Crippen LogP contribution in [-0.4, -0.2) is 58.5 Å². The number of nitrogens with one attached hydrogen (secondary N) is 1. The van der Waals surface area contributed by atoms with Crippen molar-refractivity contribution >= 4 is 0 Å². The van der Waals surface area contributed by atoms with Crippen LogP contribution in [0, 0.1) is 11.8 Å². The lowest BCUT2D eigenvalue weighted by Crippen LogP contribution is -2.47. The number of nitrogens with zero attached hydrogens (tertiary/aromatic N) is 3. The average Bonchev–Trinajstić information content (AvgIpc) is 2.76. The number of fused-ring (bicyclic) bond motifs is 8. The first kappa shape index (κ1) is 23.0. The van der Waals surface area contributed by atoms with Gasteiger partial charge in [0.15, 0.2) is 0 Å². The van der Waals surface area contributed by atoms with Crippen LogP contribution >= 0.6 is 0 Å². The molecular formula is C25H36N4O3. The zero-order valence-electron chi connectivity index (χ0n) is 17.9. The Labute approximate surface area is 189 Å². The number of aliphatic hydroxyl groups excluding tert-OH is 1. The number of likely N-dealkylation sites (tertiary alicyclic amines) is 1. The highest BCUT2D eigenvalue weighted by Gasteiger charge is 2.34. The maximum absolute atomic E-state index is 11.8. The first-order valence-corrected chi connectivity index (χ1v) is 11.6. The fourth-order valence-corrected chi connectivity index (χ4v) is 6.06. The molecule has 4 aliphatic heterocycles. The Morgan fingerprint density at radius 2 is 1.44 bits per heavy atom. The Bertz CT molecular complexity index is 1050. The molecular weight excluding hydrogens is 404 g/mol. The summed E-state index contributed by atoms with van der Waals surface area (Å²) in [5, 5.41) is 12.5. The third kappa shape index (κ3) is 4.47. The second-order valence-corrected chi connectivity index (χ2v) is 9.54. The van der Waals surface area contributed by atoms with Crippen molar-refractivity contribution in [3.05, 3.63) is 68.5 Å². The molecule has 2 saturated heterocycles. The van der Waals surface area contributed by atoms with Gasteiger partial charge in [-0.05, 0) is 43.4 Å². The number of β-amino-alcohol motifs (C(OH)–C–C–N with tert-alkyl or cyclic N) is 1. The van der Waals surface area contributed by atoms with Crippen molar-refractivity contribution in [2.24, 2.45) is 11.8 Å². The van der Waals surface area contributed by atoms with Crippen molar-refractivity contribution in [3.63, 3.8) is 0 Å². The predicted octanol–water partition coefficient (Wildman–Crippen LogP) is 1.45. The summed E-state index contributed by atoms with van der Waals surface area (Å²) in [5.74, 6) is 2.23. The van der Waals surface area contributed by atoms with Crippen LogP contribution in [0.15, 0.2) is 46.0 Å². The highest BCUT2D eigenvalue weighted by atomic mass is 16.3. The lowest BCUT2D eigenvalue weighted by Gasteiger charge is -2.42. The molecule has 0 spiro atoms. The van der Waals surface area contributed by atoms with E-state index in [1.165, 1.54) is 24.2 Å². The van der Waals surface area contributed by atoms with Gasteiger partial charge in [-0.25, -0.2) is 0 Å². The molecule has 7 nitrogen and oxygen atoms in total. The van der Waals surface area contributed by atoms with E-state index in [9.17, 15) is 9.59 Å². The van der Waals surface area contributed by atoms with Gasteiger partial charge in [0.05, 0.1) is 6.61 Å². The van der Waals surface area contributed by atoms with E-state index in [0.717, 1.165) is 45.8 Å². The molecule has 0 aliphatic carbocycles. The van der Waals surface area contributed by atoms with Gasteiger partial charge in [-0.2, -0.15) is 0 Å². The third-order valence-electron chi connectivity index (χ3n) is 7.36. The van der Waals surface area contributed by atoms with Crippen LogP contribution in [0.4, 0.5) is 0 Å². The van der Waals surface area contributed by atoms with Gasteiger partial charge in [-0.15, -0.1) is 0 Å². The van der Waals surface area contributed by atoms with E-state index < -0.39 is 0 Å². The third-order valence-corrected chi connectivity index (χ3v) is 7.36. The molecule has 6 rings (SSSR count). The van der Waals surface area contributed by atoms with Crippen molar-refractivity contribution in [1.29, 1.82) is 0 Å². The maximum Gasteiger partial charge on any atom is 0.250 e. The number of rotatable bonds is 2. The molecule has 174 valence electrons. The lowest BCUT2D eigenvalue weighted by atomic mass is 9.83. The molecule has 2 N–H and O–H groups in total. The molecule has 0 amide bonds. The van der Waals surface area contributed by atoms with E-state index in [0.29, 0.717) is 23.7 Å². The summed E-state index contributed by atoms with van der Waals surface area (Å²) < 4.78 is 3.90. The van der Waals surface area contributed by atoms with Crippen LogP contribution in [0.5, 0.6) is 0 Å². The molecule has 4 atom stereocenters. The van der Waals surface area contributed by atoms with E-state index >= 15 is 0 Å². The van der Waals surface area contributed by atoms with Gasteiger partial charge in [0.25, 0.3) is 11.1 Å². The normalized spacial score (nSPS) is 27.8. The number of aliphatic hydroxyl groups is 1. The topological polar surface area (TPSA) is 79.5 Å². The van der Waals surface area contributed by atoms with Gasteiger partial charge in [0.1, 0.15) is 0 Å². The van der Waals surface area contributed by atoms with Crippen LogP contribution in [-0.2, 0) is 13.1 Å². The van der Waals surface area contributed by atoms with Crippen LogP contribution in [0.1, 0.15) is 43.5 Å². The average molecular weight is 441 g/mol. The second-order valence-electron chi connectivity index (χ2n) is 9.54. The minimum Gasteiger partial charge on any atom is -0.395 e. The molecule has 4 bridgehead atoms. The molecule has 2 fully saturated rings. The fourth-order valence-electron chi connectivity index (χ4n) is 6.06. The van der Waals surface area contributed by atoms with Crippen LogP contribution in [0.3, 0.4) is 0 Å². The minimum absolute atomic E-state index is 0. The summed E-state index contributed by atoms with van der Waals surface area (Å²) in [6, 6.07) is 11.2. The predicted molar refractivity (Wildman–Crippen MR) is 126 cm³/mol. The molecule has 0 radical (unpaired) electrons. The summed E-state index contributed by atoms with van der Waals surface area (Å²) in [7, 11) is 0. The minimum atomic E-state index is 0. The van der Waals surface area contributed by atoms with Crippen molar-refractivity contribution < 1.29 is 5.11 Å². The van der Waals surface area contributed by atoms with Crippen molar-refractivity contribution in [2.45, 2.75) is 45.2 Å². The Morgan fingerprint density at radius 1 is 0.812 bits per heavy atom. The van der Waals surface area contributed by atoms with E-state index in [2.05, 4.69) is 22.3 Å². The molecule has 32 heavy (non-hydrogen) atoms. The Kier molecular flexibility index (Phi) is 6.98. The van der Waals surface area contributed by atoms with E-state index in [1.807, 2.05) is 21.3 Å². The van der Waals surface area contributed by atoms with Gasteiger partial charge in [0, 0.05) is 74.6 Å². The Morgan fingerprint density at radius 3 is 2.12 bits per heavy atom. The molecule has 6 heterocycles. The molecule has 0 aromatic carbocycles. The number of piperidine rings is 2. The standard InChI is InChI=1S/C13H18N2O2.C11H14N2O.CH4/c16-5-4-14-7-10-6-11(9-14)12-2-1-3-13(17)15(12)8-10;14-11-3-1-2-10-9-4-8(5-12-6-9)7-13(10)11;/h1-3,10-11,16H,4-9H2;1-3,8-9,12H,4-7H2;1H4. The largest absolute Gasteiger partial charge is 0.395 e. The molecule has 2 aromatic rings. The summed E-state index contributed by atoms with van der Waals surface area (Å²) in [6.07, 6.45) is 2.43. The van der Waals surface area contributed by atoms with E-state index in [-0.39, 0.29) is 25.2 Å². The quantitative estimate of drug-likeness (QED) is 0.739. The summed E-state index contributed by atoms with van der Waals surface area (Å²) in [5.41, 5.74) is 2.70. The first-order valence-electron chi connectivity index (χ1n) is 11.6. The second kappa shape index (κ2) is 9.73. The van der Waals surface area contributed by atoms with Crippen LogP contribution < -0.4 is 16.4 Å². The van der Waals surface area contributed by atoms with Gasteiger partial charge in [-0.1, -0.05) is 19.6 Å². The summed E-state index contributed by atoms with van der Waals surface area (Å²) >= 11 is 0. The SMILES string of the molecule is C.O=c1cccc2n1CC1CC2CN(CCO)C1.O=c1cccc2n1CC1CNCC2C1. The van der Waals surface area contributed by atoms with Gasteiger partial charge < -0.3 is 24.5 Å². The highest BCUT2D eigenvalue weighted by Crippen LogP contribution is 2.34. The Hall–Kier alpha value is -2.22. The van der Waals surface area contributed by atoms with E-state index in [1.54, 1.807) is 12.1 Å². The molecule has 7 heteroatoms. The molecule has 4 unspecified atom stereocenters. The van der Waals surface area contributed by atoms with E-state index in [4.69, 9.17) is 5.11 Å². The number of hydrogen-bond acceptors (Lipinski definition) is 5. The highest BCUT2D eigenvalue weighted by molar-refractivity contribution is 5.17. The maximum atomic E-state index is 11.8. The van der Waals surface area contributed by atoms with Crippen LogP contribution in [0.2, 0.25) is 0 Å². The zero-order chi connectivity index (χ0) is 21.4. The molecule has 0 saturated carbocycles. The first-order chi connectivity index (χ1) is 15.1. The molecule has 2 aromatic heterocycles. The zero-order valence-corrected chi connectivity index (χ0v) is 17.9. The number of hydrogen-bond donors (Lipinski definition) is 2. The van der Waals surface area contributed by atoms with Gasteiger partial charge >= 0.3 is 0 Å². The Balaban J connectivity index is 0.000000151. The fraction of sp³-hybridized carbons (Fsp3) is 0.600. The smallest absolute Gasteiger partial charge is 0.250 e. The summed E-state index contributed by atoms with van der Waals surface area (Å²) in [6.45, 7) is 6.80. The van der Waals surface area contributed by atoms with Gasteiger partial charge in [-0.3, -0.25) is 9.59 Å². The monoisotopic (exact) mass is 440 g/mol. The lowest BCUT2D eigenvalue weighted by molar-refractivity contribution is 0.100. The van der Waals surface area contributed by atoms with Crippen LogP contribution in [0.25, 0.3) is 0 Å². The van der Waals surface area contributed by atoms with Crippen molar-refractivity contribution in [2.75, 3.05) is 39.3 Å². The van der Waals surface area contributed by atoms with Gasteiger partial charge in [0.2, 0.25) is 0 Å². The van der Waals surface area contributed by atoms with Crippen molar-refractivity contribution in [1.82, 2.24) is 19.4 Å².